The zero-order valence-corrected chi connectivity index (χ0v) is 23.6. The highest BCUT2D eigenvalue weighted by atomic mass is 35.5. The number of esters is 2. The van der Waals surface area contributed by atoms with Crippen LogP contribution in [0.15, 0.2) is 69.9 Å². The lowest BCUT2D eigenvalue weighted by atomic mass is 9.80. The van der Waals surface area contributed by atoms with E-state index in [1.807, 2.05) is 0 Å². The Morgan fingerprint density at radius 3 is 2.33 bits per heavy atom. The predicted octanol–water partition coefficient (Wildman–Crippen LogP) is 2.61. The van der Waals surface area contributed by atoms with Gasteiger partial charge in [-0.3, -0.25) is 4.55 Å². The number of nitrogens with two attached hydrogens (primary N) is 1. The molecular weight excluding hydrogens is 568 g/mol. The normalized spacial score (nSPS) is 15.1. The molecule has 218 valence electrons. The average Bonchev–Trinajstić information content (AvgIpc) is 2.89. The molecular formula is C26H31ClN2O10S. The van der Waals surface area contributed by atoms with Crippen molar-refractivity contribution in [3.63, 3.8) is 0 Å². The highest BCUT2D eigenvalue weighted by molar-refractivity contribution is 7.86. The third-order valence-electron chi connectivity index (χ3n) is 5.49. The lowest BCUT2D eigenvalue weighted by Gasteiger charge is -2.31. The molecule has 0 bridgehead atoms. The van der Waals surface area contributed by atoms with Crippen LogP contribution in [0.4, 0.5) is 0 Å². The molecule has 2 aromatic rings. The number of rotatable bonds is 9. The first kappa shape index (κ1) is 32.6. The van der Waals surface area contributed by atoms with E-state index in [4.69, 9.17) is 46.3 Å². The van der Waals surface area contributed by atoms with Gasteiger partial charge in [0, 0.05) is 23.3 Å². The Bertz CT molecular complexity index is 1410. The highest BCUT2D eigenvalue weighted by Crippen LogP contribution is 2.41. The van der Waals surface area contributed by atoms with Gasteiger partial charge in [0.1, 0.15) is 16.4 Å². The van der Waals surface area contributed by atoms with Gasteiger partial charge in [-0.2, -0.15) is 8.42 Å². The molecule has 0 spiro atoms. The van der Waals surface area contributed by atoms with Gasteiger partial charge in [0.25, 0.3) is 10.1 Å². The summed E-state index contributed by atoms with van der Waals surface area (Å²) in [4.78, 5) is 24.8. The Morgan fingerprint density at radius 2 is 1.77 bits per heavy atom. The molecule has 1 aliphatic heterocycles. The van der Waals surface area contributed by atoms with Crippen LogP contribution >= 0.6 is 11.6 Å². The van der Waals surface area contributed by atoms with E-state index >= 15 is 0 Å². The second-order valence-corrected chi connectivity index (χ2v) is 9.99. The number of carbonyl (C=O) groups excluding carboxylic acids is 2. The average molecular weight is 599 g/mol. The summed E-state index contributed by atoms with van der Waals surface area (Å²) in [7, 11) is -3.17. The standard InChI is InChI=1S/C20H25ClN2O5.C6H6O5S/c1-4-28-20(25)18-15(11-27-10-9-22)23-12(2)16(19(24)26-3)17(18)13-7-5-6-8-14(13)21;7-4-1-2-5(8)6(3-4)12(9,10)11/h5-8,17,23H,4,9-11,22H2,1-3H3;1-3,7-8H,(H,9,10,11). The predicted molar refractivity (Wildman–Crippen MR) is 145 cm³/mol. The van der Waals surface area contributed by atoms with Crippen LogP contribution < -0.4 is 11.1 Å². The van der Waals surface area contributed by atoms with Crippen LogP contribution in [0.1, 0.15) is 25.3 Å². The molecule has 1 atom stereocenters. The van der Waals surface area contributed by atoms with Crippen molar-refractivity contribution in [1.82, 2.24) is 5.32 Å². The molecule has 0 radical (unpaired) electrons. The van der Waals surface area contributed by atoms with Gasteiger partial charge in [0.15, 0.2) is 0 Å². The summed E-state index contributed by atoms with van der Waals surface area (Å²) >= 11 is 6.42. The maximum atomic E-state index is 12.9. The number of nitrogens with one attached hydrogen (secondary N) is 1. The SMILES string of the molecule is CCOC(=O)C1=C(COCCN)NC(C)=C(C(=O)OC)C1c1ccccc1Cl.O=S(=O)(O)c1cc(O)ccc1O. The van der Waals surface area contributed by atoms with E-state index in [1.165, 1.54) is 7.11 Å². The summed E-state index contributed by atoms with van der Waals surface area (Å²) < 4.78 is 45.3. The maximum Gasteiger partial charge on any atom is 0.336 e. The molecule has 1 heterocycles. The van der Waals surface area contributed by atoms with E-state index < -0.39 is 38.6 Å². The molecule has 14 heteroatoms. The number of carbonyl (C=O) groups is 2. The molecule has 0 amide bonds. The van der Waals surface area contributed by atoms with Crippen LogP contribution in [0.3, 0.4) is 0 Å². The van der Waals surface area contributed by atoms with Gasteiger partial charge < -0.3 is 35.5 Å². The minimum atomic E-state index is -4.47. The smallest absolute Gasteiger partial charge is 0.336 e. The number of ether oxygens (including phenoxy) is 3. The Labute approximate surface area is 236 Å². The lowest BCUT2D eigenvalue weighted by molar-refractivity contribution is -0.139. The number of dihydropyridines is 1. The number of allylic oxidation sites excluding steroid dienone is 1. The molecule has 0 saturated carbocycles. The van der Waals surface area contributed by atoms with Gasteiger partial charge in [-0.05, 0) is 37.6 Å². The molecule has 40 heavy (non-hydrogen) atoms. The number of phenols is 2. The van der Waals surface area contributed by atoms with E-state index in [0.29, 0.717) is 40.7 Å². The molecule has 0 aliphatic carbocycles. The number of phenolic OH excluding ortho intramolecular Hbond substituents is 2. The largest absolute Gasteiger partial charge is 0.508 e. The van der Waals surface area contributed by atoms with Crippen LogP contribution in [0.5, 0.6) is 11.5 Å². The first-order valence-corrected chi connectivity index (χ1v) is 13.7. The second kappa shape index (κ2) is 14.7. The van der Waals surface area contributed by atoms with E-state index in [9.17, 15) is 18.0 Å². The van der Waals surface area contributed by atoms with Gasteiger partial charge in [-0.1, -0.05) is 29.8 Å². The molecule has 0 aromatic heterocycles. The number of aromatic hydroxyl groups is 2. The minimum absolute atomic E-state index is 0.109. The Kier molecular flexibility index (Phi) is 12.0. The molecule has 3 rings (SSSR count). The third kappa shape index (κ3) is 8.19. The summed E-state index contributed by atoms with van der Waals surface area (Å²) in [5, 5.41) is 21.3. The number of hydrogen-bond acceptors (Lipinski definition) is 11. The summed E-state index contributed by atoms with van der Waals surface area (Å²) in [6.45, 7) is 4.42. The van der Waals surface area contributed by atoms with Crippen molar-refractivity contribution in [2.24, 2.45) is 5.73 Å². The van der Waals surface area contributed by atoms with Crippen LogP contribution in [0, 0.1) is 0 Å². The fourth-order valence-electron chi connectivity index (χ4n) is 3.83. The van der Waals surface area contributed by atoms with Crippen molar-refractivity contribution in [2.75, 3.05) is 33.5 Å². The van der Waals surface area contributed by atoms with Gasteiger partial charge in [-0.15, -0.1) is 0 Å². The van der Waals surface area contributed by atoms with Gasteiger partial charge in [0.2, 0.25) is 0 Å². The van der Waals surface area contributed by atoms with E-state index in [2.05, 4.69) is 5.32 Å². The van der Waals surface area contributed by atoms with Crippen molar-refractivity contribution in [2.45, 2.75) is 24.7 Å². The van der Waals surface area contributed by atoms with Crippen molar-refractivity contribution >= 4 is 33.7 Å². The van der Waals surface area contributed by atoms with E-state index in [1.54, 1.807) is 38.1 Å². The number of hydrogen-bond donors (Lipinski definition) is 5. The monoisotopic (exact) mass is 598 g/mol. The van der Waals surface area contributed by atoms with Gasteiger partial charge >= 0.3 is 11.9 Å². The van der Waals surface area contributed by atoms with E-state index in [0.717, 1.165) is 18.2 Å². The molecule has 0 saturated heterocycles. The minimum Gasteiger partial charge on any atom is -0.508 e. The Morgan fingerprint density at radius 1 is 1.10 bits per heavy atom. The quantitative estimate of drug-likeness (QED) is 0.123. The fraction of sp³-hybridized carbons (Fsp3) is 0.308. The number of halogens is 1. The lowest BCUT2D eigenvalue weighted by Crippen LogP contribution is -2.35. The van der Waals surface area contributed by atoms with Crippen LogP contribution in [-0.2, 0) is 33.9 Å². The molecule has 0 fully saturated rings. The third-order valence-corrected chi connectivity index (χ3v) is 6.72. The number of benzene rings is 2. The van der Waals surface area contributed by atoms with Crippen LogP contribution in [-0.4, -0.2) is 68.6 Å². The maximum absolute atomic E-state index is 12.9. The van der Waals surface area contributed by atoms with Gasteiger partial charge in [0.05, 0.1) is 49.7 Å². The summed E-state index contributed by atoms with van der Waals surface area (Å²) in [6, 6.07) is 9.87. The fourth-order valence-corrected chi connectivity index (χ4v) is 4.67. The first-order chi connectivity index (χ1) is 18.9. The second-order valence-electron chi connectivity index (χ2n) is 8.19. The molecule has 6 N–H and O–H groups in total. The van der Waals surface area contributed by atoms with Crippen molar-refractivity contribution < 1.29 is 47.0 Å². The number of methoxy groups -OCH3 is 1. The van der Waals surface area contributed by atoms with Crippen molar-refractivity contribution in [3.8, 4) is 11.5 Å². The zero-order chi connectivity index (χ0) is 30.0. The summed E-state index contributed by atoms with van der Waals surface area (Å²) in [5.41, 5.74) is 7.70. The Balaban J connectivity index is 0.000000389. The van der Waals surface area contributed by atoms with E-state index in [-0.39, 0.29) is 24.5 Å². The zero-order valence-electron chi connectivity index (χ0n) is 22.0. The highest BCUT2D eigenvalue weighted by Gasteiger charge is 2.39. The topological polar surface area (TPSA) is 195 Å². The molecule has 1 unspecified atom stereocenters. The van der Waals surface area contributed by atoms with Crippen LogP contribution in [0.2, 0.25) is 5.02 Å². The van der Waals surface area contributed by atoms with Crippen LogP contribution in [0.25, 0.3) is 0 Å². The Hall–Kier alpha value is -3.62. The molecule has 12 nitrogen and oxygen atoms in total. The van der Waals surface area contributed by atoms with Crippen molar-refractivity contribution in [3.05, 3.63) is 75.6 Å². The molecule has 1 aliphatic rings. The summed E-state index contributed by atoms with van der Waals surface area (Å²) in [6.07, 6.45) is 0. The van der Waals surface area contributed by atoms with Gasteiger partial charge in [-0.25, -0.2) is 9.59 Å². The summed E-state index contributed by atoms with van der Waals surface area (Å²) in [5.74, 6) is -2.81. The molecule has 2 aromatic carbocycles. The first-order valence-electron chi connectivity index (χ1n) is 11.8. The van der Waals surface area contributed by atoms with Crippen molar-refractivity contribution in [1.29, 1.82) is 0 Å².